The maximum absolute atomic E-state index is 13.2. The number of hydrogen-bond donors (Lipinski definition) is 2. The van der Waals surface area contributed by atoms with Crippen molar-refractivity contribution < 1.29 is 9.59 Å². The van der Waals surface area contributed by atoms with E-state index in [1.54, 1.807) is 0 Å². The van der Waals surface area contributed by atoms with Gasteiger partial charge in [0.2, 0.25) is 11.8 Å². The van der Waals surface area contributed by atoms with Gasteiger partial charge in [-0.15, -0.1) is 21.5 Å². The van der Waals surface area contributed by atoms with Gasteiger partial charge in [0.1, 0.15) is 5.82 Å². The number of thiazole rings is 1. The van der Waals surface area contributed by atoms with Crippen LogP contribution in [0.25, 0.3) is 21.0 Å². The summed E-state index contributed by atoms with van der Waals surface area (Å²) in [4.78, 5) is 31.0. The van der Waals surface area contributed by atoms with Crippen LogP contribution in [-0.2, 0) is 23.1 Å². The van der Waals surface area contributed by atoms with Gasteiger partial charge in [-0.25, -0.2) is 4.98 Å². The summed E-state index contributed by atoms with van der Waals surface area (Å²) >= 11 is 4.29. The van der Waals surface area contributed by atoms with E-state index in [2.05, 4.69) is 51.2 Å². The number of thioether (sulfide) groups is 2. The molecule has 7 rings (SSSR count). The number of rotatable bonds is 12. The number of carbonyl (C=O) groups excluding carboxylic acids is 2. The molecule has 0 saturated carbocycles. The van der Waals surface area contributed by atoms with Gasteiger partial charge in [-0.05, 0) is 52.6 Å². The molecule has 2 aromatic heterocycles. The van der Waals surface area contributed by atoms with Crippen molar-refractivity contribution in [1.29, 1.82) is 0 Å². The summed E-state index contributed by atoms with van der Waals surface area (Å²) < 4.78 is 3.69. The number of hydrogen-bond acceptors (Lipinski definition) is 8. The maximum Gasteiger partial charge on any atom is 0.237 e. The Morgan fingerprint density at radius 3 is 2.30 bits per heavy atom. The van der Waals surface area contributed by atoms with Crippen molar-refractivity contribution in [2.45, 2.75) is 34.1 Å². The molecule has 0 aliphatic rings. The Kier molecular flexibility index (Phi) is 10.2. The molecule has 0 bridgehead atoms. The average Bonchev–Trinajstić information content (AvgIpc) is 3.72. The van der Waals surface area contributed by atoms with Gasteiger partial charge in [0, 0.05) is 19.2 Å². The summed E-state index contributed by atoms with van der Waals surface area (Å²) in [5.41, 5.74) is 4.75. The molecular formula is C39H34N6O2S3. The average molecular weight is 715 g/mol. The van der Waals surface area contributed by atoms with Crippen molar-refractivity contribution in [3.63, 3.8) is 0 Å². The predicted molar refractivity (Wildman–Crippen MR) is 205 cm³/mol. The second-order valence-corrected chi connectivity index (χ2v) is 15.4. The van der Waals surface area contributed by atoms with Crippen LogP contribution in [0.1, 0.15) is 35.5 Å². The van der Waals surface area contributed by atoms with E-state index >= 15 is 0 Å². The summed E-state index contributed by atoms with van der Waals surface area (Å²) in [6, 6.07) is 40.0. The molecule has 0 saturated heterocycles. The molecule has 11 heteroatoms. The first-order chi connectivity index (χ1) is 24.4. The molecule has 5 aromatic carbocycles. The lowest BCUT2D eigenvalue weighted by atomic mass is 9.99. The molecule has 0 aliphatic carbocycles. The van der Waals surface area contributed by atoms with E-state index in [4.69, 9.17) is 4.98 Å². The second kappa shape index (κ2) is 15.3. The van der Waals surface area contributed by atoms with Gasteiger partial charge in [-0.1, -0.05) is 127 Å². The van der Waals surface area contributed by atoms with Gasteiger partial charge < -0.3 is 15.2 Å². The largest absolute Gasteiger partial charge is 0.344 e. The van der Waals surface area contributed by atoms with Crippen molar-refractivity contribution >= 4 is 73.4 Å². The molecule has 0 aliphatic heterocycles. The third-order valence-corrected chi connectivity index (χ3v) is 11.6. The van der Waals surface area contributed by atoms with E-state index in [-0.39, 0.29) is 23.6 Å². The third kappa shape index (κ3) is 7.75. The molecule has 2 heterocycles. The summed E-state index contributed by atoms with van der Waals surface area (Å²) in [6.07, 6.45) is 0.647. The van der Waals surface area contributed by atoms with Gasteiger partial charge >= 0.3 is 0 Å². The molecule has 0 spiro atoms. The zero-order chi connectivity index (χ0) is 34.5. The number of carbonyl (C=O) groups is 2. The monoisotopic (exact) mass is 714 g/mol. The highest BCUT2D eigenvalue weighted by Crippen LogP contribution is 2.32. The number of fused-ring (bicyclic) bond motifs is 2. The van der Waals surface area contributed by atoms with Crippen LogP contribution in [0.5, 0.6) is 0 Å². The molecule has 0 radical (unpaired) electrons. The number of anilines is 1. The highest BCUT2D eigenvalue weighted by Gasteiger charge is 2.21. The summed E-state index contributed by atoms with van der Waals surface area (Å²) in [5, 5.41) is 17.8. The summed E-state index contributed by atoms with van der Waals surface area (Å²) in [7, 11) is 1.94. The molecule has 0 unspecified atom stereocenters. The van der Waals surface area contributed by atoms with Crippen LogP contribution in [0, 0.1) is 0 Å². The summed E-state index contributed by atoms with van der Waals surface area (Å²) in [6.45, 7) is 1.87. The minimum Gasteiger partial charge on any atom is -0.344 e. The molecule has 1 atom stereocenters. The maximum atomic E-state index is 13.2. The van der Waals surface area contributed by atoms with E-state index in [0.717, 1.165) is 31.5 Å². The topological polar surface area (TPSA) is 102 Å². The Morgan fingerprint density at radius 2 is 1.54 bits per heavy atom. The third-order valence-electron chi connectivity index (χ3n) is 8.34. The smallest absolute Gasteiger partial charge is 0.237 e. The highest BCUT2D eigenvalue weighted by molar-refractivity contribution is 8.01. The van der Waals surface area contributed by atoms with Crippen LogP contribution in [-0.4, -0.2) is 42.6 Å². The van der Waals surface area contributed by atoms with Crippen molar-refractivity contribution in [2.75, 3.05) is 11.1 Å². The second-order valence-electron chi connectivity index (χ2n) is 11.8. The Bertz CT molecular complexity index is 2230. The Morgan fingerprint density at radius 1 is 0.840 bits per heavy atom. The van der Waals surface area contributed by atoms with Gasteiger partial charge in [0.15, 0.2) is 9.50 Å². The standard InChI is InChI=1S/C39H34N6O2S3/c1-25(49-38-44-43-34(45(38)2)22-29-18-11-17-26-12-9-10-19-31(26)29)37(47)40-30-20-21-32-33(23-30)50-39(41-32)48-24-35(46)42-36(27-13-5-3-6-14-27)28-15-7-4-8-16-28/h3-21,23,25,36H,22,24H2,1-2H3,(H,40,47)(H,42,46)/t25-/m1/s1. The fourth-order valence-electron chi connectivity index (χ4n) is 5.70. The molecule has 50 heavy (non-hydrogen) atoms. The Balaban J connectivity index is 0.952. The van der Waals surface area contributed by atoms with Crippen LogP contribution in [0.3, 0.4) is 0 Å². The van der Waals surface area contributed by atoms with Crippen molar-refractivity contribution in [2.24, 2.45) is 7.05 Å². The van der Waals surface area contributed by atoms with Gasteiger partial charge in [-0.3, -0.25) is 9.59 Å². The van der Waals surface area contributed by atoms with Crippen LogP contribution in [0.2, 0.25) is 0 Å². The fourth-order valence-corrected chi connectivity index (χ4v) is 8.45. The molecule has 2 N–H and O–H groups in total. The SMILES string of the molecule is C[C@@H](Sc1nnc(Cc2cccc3ccccc23)n1C)C(=O)Nc1ccc2nc(SCC(=O)NC(c3ccccc3)c3ccccc3)sc2c1. The van der Waals surface area contributed by atoms with Gasteiger partial charge in [0.05, 0.1) is 27.3 Å². The molecular weight excluding hydrogens is 681 g/mol. The molecule has 7 aromatic rings. The first-order valence-corrected chi connectivity index (χ1v) is 18.8. The molecule has 250 valence electrons. The minimum absolute atomic E-state index is 0.0741. The summed E-state index contributed by atoms with van der Waals surface area (Å²) in [5.74, 6) is 0.871. The van der Waals surface area contributed by atoms with Gasteiger partial charge in [-0.2, -0.15) is 0 Å². The van der Waals surface area contributed by atoms with E-state index in [0.29, 0.717) is 17.3 Å². The lowest BCUT2D eigenvalue weighted by Crippen LogP contribution is -2.30. The highest BCUT2D eigenvalue weighted by atomic mass is 32.2. The fraction of sp³-hybridized carbons (Fsp3) is 0.154. The van der Waals surface area contributed by atoms with Crippen LogP contribution >= 0.6 is 34.9 Å². The first-order valence-electron chi connectivity index (χ1n) is 16.2. The van der Waals surface area contributed by atoms with E-state index < -0.39 is 5.25 Å². The lowest BCUT2D eigenvalue weighted by Gasteiger charge is -2.19. The van der Waals surface area contributed by atoms with Crippen molar-refractivity contribution in [3.8, 4) is 0 Å². The quantitative estimate of drug-likeness (QED) is 0.123. The van der Waals surface area contributed by atoms with E-state index in [1.165, 1.54) is 51.2 Å². The first kappa shape index (κ1) is 33.5. The molecule has 8 nitrogen and oxygen atoms in total. The normalized spacial score (nSPS) is 12.0. The number of nitrogens with one attached hydrogen (secondary N) is 2. The number of nitrogens with zero attached hydrogens (tertiary/aromatic N) is 4. The number of amides is 2. The van der Waals surface area contributed by atoms with Crippen molar-refractivity contribution in [3.05, 3.63) is 144 Å². The zero-order valence-electron chi connectivity index (χ0n) is 27.4. The predicted octanol–water partition coefficient (Wildman–Crippen LogP) is 8.29. The van der Waals surface area contributed by atoms with E-state index in [1.807, 2.05) is 110 Å². The van der Waals surface area contributed by atoms with Crippen molar-refractivity contribution in [1.82, 2.24) is 25.1 Å². The van der Waals surface area contributed by atoms with Gasteiger partial charge in [0.25, 0.3) is 0 Å². The van der Waals surface area contributed by atoms with Crippen LogP contribution in [0.4, 0.5) is 5.69 Å². The lowest BCUT2D eigenvalue weighted by molar-refractivity contribution is -0.119. The zero-order valence-corrected chi connectivity index (χ0v) is 29.9. The van der Waals surface area contributed by atoms with Crippen LogP contribution in [0.15, 0.2) is 131 Å². The Labute approximate surface area is 302 Å². The Hall–Kier alpha value is -4.97. The molecule has 2 amide bonds. The van der Waals surface area contributed by atoms with E-state index in [9.17, 15) is 9.59 Å². The minimum atomic E-state index is -0.402. The number of aromatic nitrogens is 4. The number of benzene rings is 5. The molecule has 0 fully saturated rings. The van der Waals surface area contributed by atoms with Crippen LogP contribution < -0.4 is 10.6 Å².